The van der Waals surface area contributed by atoms with Crippen LogP contribution in [-0.4, -0.2) is 32.1 Å². The van der Waals surface area contributed by atoms with Gasteiger partial charge in [-0.2, -0.15) is 0 Å². The van der Waals surface area contributed by atoms with Gasteiger partial charge in [0.05, 0.1) is 5.02 Å². The third-order valence-corrected chi connectivity index (χ3v) is 2.66. The minimum atomic E-state index is -0.182. The van der Waals surface area contributed by atoms with Crippen LogP contribution in [0.15, 0.2) is 18.2 Å². The van der Waals surface area contributed by atoms with Crippen molar-refractivity contribution in [3.05, 3.63) is 28.2 Å². The van der Waals surface area contributed by atoms with Crippen molar-refractivity contribution in [2.45, 2.75) is 6.92 Å². The van der Waals surface area contributed by atoms with Gasteiger partial charge in [-0.05, 0) is 24.7 Å². The molecular weight excluding hydrogens is 275 g/mol. The lowest BCUT2D eigenvalue weighted by Crippen LogP contribution is -2.34. The number of nitrogens with one attached hydrogen (secondary N) is 2. The van der Waals surface area contributed by atoms with E-state index in [4.69, 9.17) is 27.9 Å². The van der Waals surface area contributed by atoms with Crippen molar-refractivity contribution in [1.29, 1.82) is 0 Å². The Hall–Kier alpha value is -0.970. The molecule has 18 heavy (non-hydrogen) atoms. The minimum Gasteiger partial charge on any atom is -0.482 e. The first-order valence-corrected chi connectivity index (χ1v) is 6.44. The highest BCUT2D eigenvalue weighted by molar-refractivity contribution is 6.35. The van der Waals surface area contributed by atoms with Crippen LogP contribution in [0.3, 0.4) is 0 Å². The van der Waals surface area contributed by atoms with Gasteiger partial charge in [-0.25, -0.2) is 0 Å². The molecule has 1 aromatic carbocycles. The van der Waals surface area contributed by atoms with E-state index in [2.05, 4.69) is 10.6 Å². The number of halogens is 2. The topological polar surface area (TPSA) is 50.4 Å². The normalized spacial score (nSPS) is 10.2. The molecule has 1 rings (SSSR count). The van der Waals surface area contributed by atoms with Gasteiger partial charge < -0.3 is 15.4 Å². The maximum absolute atomic E-state index is 11.4. The molecule has 1 aromatic rings. The molecule has 0 heterocycles. The molecule has 0 saturated heterocycles. The second kappa shape index (κ2) is 8.19. The van der Waals surface area contributed by atoms with Gasteiger partial charge in [-0.3, -0.25) is 4.79 Å². The maximum atomic E-state index is 11.4. The summed E-state index contributed by atoms with van der Waals surface area (Å²) in [7, 11) is 0. The second-order valence-corrected chi connectivity index (χ2v) is 4.41. The first-order chi connectivity index (χ1) is 8.63. The highest BCUT2D eigenvalue weighted by Gasteiger charge is 2.05. The molecule has 1 amide bonds. The van der Waals surface area contributed by atoms with Crippen LogP contribution in [0.1, 0.15) is 6.92 Å². The zero-order chi connectivity index (χ0) is 13.4. The van der Waals surface area contributed by atoms with Gasteiger partial charge in [-0.1, -0.05) is 30.1 Å². The molecule has 0 spiro atoms. The van der Waals surface area contributed by atoms with Crippen LogP contribution in [-0.2, 0) is 4.79 Å². The number of hydrogen-bond donors (Lipinski definition) is 2. The van der Waals surface area contributed by atoms with Crippen LogP contribution in [0.2, 0.25) is 10.0 Å². The van der Waals surface area contributed by atoms with Crippen molar-refractivity contribution in [3.8, 4) is 5.75 Å². The van der Waals surface area contributed by atoms with E-state index in [0.29, 0.717) is 22.3 Å². The molecule has 2 N–H and O–H groups in total. The zero-order valence-electron chi connectivity index (χ0n) is 10.1. The summed E-state index contributed by atoms with van der Waals surface area (Å²) in [6.45, 7) is 4.14. The van der Waals surface area contributed by atoms with E-state index in [-0.39, 0.29) is 12.5 Å². The zero-order valence-corrected chi connectivity index (χ0v) is 11.6. The van der Waals surface area contributed by atoms with Crippen LogP contribution >= 0.6 is 23.2 Å². The van der Waals surface area contributed by atoms with Crippen molar-refractivity contribution in [3.63, 3.8) is 0 Å². The predicted molar refractivity (Wildman–Crippen MR) is 73.5 cm³/mol. The quantitative estimate of drug-likeness (QED) is 0.756. The molecule has 6 heteroatoms. The van der Waals surface area contributed by atoms with Gasteiger partial charge in [0.2, 0.25) is 0 Å². The molecule has 0 unspecified atom stereocenters. The Morgan fingerprint density at radius 2 is 2.11 bits per heavy atom. The largest absolute Gasteiger partial charge is 0.482 e. The Morgan fingerprint density at radius 1 is 1.33 bits per heavy atom. The van der Waals surface area contributed by atoms with Crippen molar-refractivity contribution < 1.29 is 9.53 Å². The monoisotopic (exact) mass is 290 g/mol. The molecule has 0 aliphatic rings. The summed E-state index contributed by atoms with van der Waals surface area (Å²) in [6.07, 6.45) is 0. The minimum absolute atomic E-state index is 0.0620. The van der Waals surface area contributed by atoms with Crippen molar-refractivity contribution >= 4 is 29.1 Å². The first-order valence-electron chi connectivity index (χ1n) is 5.68. The molecule has 100 valence electrons. The van der Waals surface area contributed by atoms with E-state index >= 15 is 0 Å². The second-order valence-electron chi connectivity index (χ2n) is 3.57. The summed E-state index contributed by atoms with van der Waals surface area (Å²) in [5.74, 6) is 0.266. The summed E-state index contributed by atoms with van der Waals surface area (Å²) in [5.41, 5.74) is 0. The third kappa shape index (κ3) is 5.58. The van der Waals surface area contributed by atoms with Crippen LogP contribution in [0, 0.1) is 0 Å². The Balaban J connectivity index is 2.29. The lowest BCUT2D eigenvalue weighted by Gasteiger charge is -2.09. The summed E-state index contributed by atoms with van der Waals surface area (Å²) >= 11 is 11.7. The average Bonchev–Trinajstić information content (AvgIpc) is 2.33. The predicted octanol–water partition coefficient (Wildman–Crippen LogP) is 2.10. The van der Waals surface area contributed by atoms with Gasteiger partial charge in [-0.15, -0.1) is 0 Å². The van der Waals surface area contributed by atoms with E-state index in [9.17, 15) is 4.79 Å². The Bertz CT molecular complexity index is 400. The van der Waals surface area contributed by atoms with Crippen LogP contribution in [0.4, 0.5) is 0 Å². The molecule has 0 saturated carbocycles. The van der Waals surface area contributed by atoms with Crippen molar-refractivity contribution in [1.82, 2.24) is 10.6 Å². The molecule has 0 aliphatic heterocycles. The number of likely N-dealkylation sites (N-methyl/N-ethyl adjacent to an activating group) is 1. The average molecular weight is 291 g/mol. The van der Waals surface area contributed by atoms with E-state index in [0.717, 1.165) is 13.1 Å². The lowest BCUT2D eigenvalue weighted by atomic mass is 10.3. The molecule has 0 fully saturated rings. The summed E-state index contributed by atoms with van der Waals surface area (Å²) < 4.78 is 5.29. The molecule has 0 radical (unpaired) electrons. The van der Waals surface area contributed by atoms with Crippen LogP contribution in [0.5, 0.6) is 5.75 Å². The summed E-state index contributed by atoms with van der Waals surface area (Å²) in [5, 5.41) is 6.75. The standard InChI is InChI=1S/C12H16Cl2N2O2/c1-2-15-5-6-16-12(17)8-18-11-4-3-9(13)7-10(11)14/h3-4,7,15H,2,5-6,8H2,1H3,(H,16,17). The molecule has 0 atom stereocenters. The van der Waals surface area contributed by atoms with Crippen molar-refractivity contribution in [2.75, 3.05) is 26.2 Å². The number of rotatable bonds is 7. The SMILES string of the molecule is CCNCCNC(=O)COc1ccc(Cl)cc1Cl. The van der Waals surface area contributed by atoms with Gasteiger partial charge in [0, 0.05) is 18.1 Å². The number of hydrogen-bond acceptors (Lipinski definition) is 3. The van der Waals surface area contributed by atoms with Crippen LogP contribution in [0.25, 0.3) is 0 Å². The Kier molecular flexibility index (Phi) is 6.86. The maximum Gasteiger partial charge on any atom is 0.257 e. The van der Waals surface area contributed by atoms with Crippen LogP contribution < -0.4 is 15.4 Å². The van der Waals surface area contributed by atoms with Gasteiger partial charge in [0.15, 0.2) is 6.61 Å². The fourth-order valence-corrected chi connectivity index (χ4v) is 1.72. The van der Waals surface area contributed by atoms with Gasteiger partial charge in [0.1, 0.15) is 5.75 Å². The van der Waals surface area contributed by atoms with Crippen molar-refractivity contribution in [2.24, 2.45) is 0 Å². The van der Waals surface area contributed by atoms with Gasteiger partial charge in [0.25, 0.3) is 5.91 Å². The number of benzene rings is 1. The molecule has 0 aliphatic carbocycles. The van der Waals surface area contributed by atoms with E-state index in [1.54, 1.807) is 18.2 Å². The first kappa shape index (κ1) is 15.1. The molecule has 0 aromatic heterocycles. The van der Waals surface area contributed by atoms with Gasteiger partial charge >= 0.3 is 0 Å². The van der Waals surface area contributed by atoms with E-state index < -0.39 is 0 Å². The van der Waals surface area contributed by atoms with E-state index in [1.807, 2.05) is 6.92 Å². The fourth-order valence-electron chi connectivity index (χ4n) is 1.25. The highest BCUT2D eigenvalue weighted by atomic mass is 35.5. The highest BCUT2D eigenvalue weighted by Crippen LogP contribution is 2.27. The van der Waals surface area contributed by atoms with E-state index in [1.165, 1.54) is 0 Å². The Morgan fingerprint density at radius 3 is 2.78 bits per heavy atom. The summed E-state index contributed by atoms with van der Waals surface area (Å²) in [4.78, 5) is 11.4. The molecule has 0 bridgehead atoms. The number of carbonyl (C=O) groups is 1. The molecular formula is C12H16Cl2N2O2. The summed E-state index contributed by atoms with van der Waals surface area (Å²) in [6, 6.07) is 4.87. The number of amides is 1. The number of ether oxygens (including phenoxy) is 1. The lowest BCUT2D eigenvalue weighted by molar-refractivity contribution is -0.123. The Labute approximate surface area is 117 Å². The molecule has 4 nitrogen and oxygen atoms in total. The smallest absolute Gasteiger partial charge is 0.257 e. The fraction of sp³-hybridized carbons (Fsp3) is 0.417. The number of carbonyl (C=O) groups excluding carboxylic acids is 1. The third-order valence-electron chi connectivity index (χ3n) is 2.13.